The maximum Gasteiger partial charge on any atom is 0.222 e. The second-order valence-corrected chi connectivity index (χ2v) is 6.18. The second-order valence-electron chi connectivity index (χ2n) is 6.18. The number of carbonyl (C=O) groups excluding carboxylic acids is 1. The minimum absolute atomic E-state index is 0.0226. The topological polar surface area (TPSA) is 90.5 Å². The molecular weight excluding hydrogens is 306 g/mol. The Kier molecular flexibility index (Phi) is 3.72. The van der Waals surface area contributed by atoms with E-state index in [1.807, 2.05) is 40.4 Å². The van der Waals surface area contributed by atoms with Crippen LogP contribution in [0, 0.1) is 0 Å². The van der Waals surface area contributed by atoms with Crippen LogP contribution in [0.2, 0.25) is 0 Å². The van der Waals surface area contributed by atoms with Crippen molar-refractivity contribution in [2.24, 2.45) is 0 Å². The van der Waals surface area contributed by atoms with Gasteiger partial charge >= 0.3 is 0 Å². The highest BCUT2D eigenvalue weighted by Crippen LogP contribution is 2.35. The first-order chi connectivity index (χ1) is 11.7. The Morgan fingerprint density at radius 2 is 2.21 bits per heavy atom. The molecule has 0 aliphatic heterocycles. The van der Waals surface area contributed by atoms with Crippen LogP contribution in [-0.4, -0.2) is 35.7 Å². The molecule has 0 bridgehead atoms. The molecule has 8 heteroatoms. The minimum Gasteiger partial charge on any atom is -0.346 e. The Morgan fingerprint density at radius 3 is 3.04 bits per heavy atom. The van der Waals surface area contributed by atoms with Crippen LogP contribution >= 0.6 is 0 Å². The Hall–Kier alpha value is -2.77. The van der Waals surface area contributed by atoms with Gasteiger partial charge in [-0.05, 0) is 42.3 Å². The van der Waals surface area contributed by atoms with Gasteiger partial charge in [0.1, 0.15) is 0 Å². The molecule has 24 heavy (non-hydrogen) atoms. The summed E-state index contributed by atoms with van der Waals surface area (Å²) in [5.41, 5.74) is 1.98. The lowest BCUT2D eigenvalue weighted by Crippen LogP contribution is -2.29. The third kappa shape index (κ3) is 2.86. The van der Waals surface area contributed by atoms with Gasteiger partial charge in [0.15, 0.2) is 5.82 Å². The molecule has 0 saturated heterocycles. The molecule has 2 heterocycles. The van der Waals surface area contributed by atoms with Crippen LogP contribution in [0.15, 0.2) is 30.6 Å². The number of aryl methyl sites for hydroxylation is 1. The molecule has 1 unspecified atom stereocenters. The molecule has 0 spiro atoms. The quantitative estimate of drug-likeness (QED) is 0.744. The van der Waals surface area contributed by atoms with E-state index >= 15 is 0 Å². The maximum atomic E-state index is 12.3. The van der Waals surface area contributed by atoms with Gasteiger partial charge < -0.3 is 9.88 Å². The van der Waals surface area contributed by atoms with E-state index in [1.165, 1.54) is 0 Å². The molecule has 1 aromatic carbocycles. The fourth-order valence-corrected chi connectivity index (χ4v) is 2.85. The van der Waals surface area contributed by atoms with Gasteiger partial charge in [-0.2, -0.15) is 0 Å². The Labute approximate surface area is 138 Å². The molecule has 2 aromatic heterocycles. The van der Waals surface area contributed by atoms with Crippen molar-refractivity contribution >= 4 is 16.9 Å². The Morgan fingerprint density at radius 1 is 1.38 bits per heavy atom. The fourth-order valence-electron chi connectivity index (χ4n) is 2.85. The summed E-state index contributed by atoms with van der Waals surface area (Å²) in [6.45, 7) is 2.50. The molecule has 1 aliphatic carbocycles. The monoisotopic (exact) mass is 325 g/mol. The van der Waals surface area contributed by atoms with E-state index in [0.29, 0.717) is 19.0 Å². The van der Waals surface area contributed by atoms with E-state index in [0.717, 1.165) is 29.7 Å². The van der Waals surface area contributed by atoms with Crippen molar-refractivity contribution < 1.29 is 4.79 Å². The van der Waals surface area contributed by atoms with Gasteiger partial charge in [-0.15, -0.1) is 5.10 Å². The van der Waals surface area contributed by atoms with Gasteiger partial charge in [0, 0.05) is 13.0 Å². The van der Waals surface area contributed by atoms with Crippen molar-refractivity contribution in [3.63, 3.8) is 0 Å². The summed E-state index contributed by atoms with van der Waals surface area (Å²) < 4.78 is 3.82. The van der Waals surface area contributed by atoms with Gasteiger partial charge in [-0.25, -0.2) is 9.67 Å². The van der Waals surface area contributed by atoms with Crippen LogP contribution in [-0.2, 0) is 11.3 Å². The van der Waals surface area contributed by atoms with Crippen molar-refractivity contribution in [2.45, 2.75) is 44.8 Å². The Balaban J connectivity index is 1.37. The number of imidazole rings is 1. The normalized spacial score (nSPS) is 15.5. The molecule has 1 fully saturated rings. The fraction of sp³-hybridized carbons (Fsp3) is 0.438. The average Bonchev–Trinajstić information content (AvgIpc) is 3.17. The smallest absolute Gasteiger partial charge is 0.222 e. The molecular formula is C16H19N7O. The van der Waals surface area contributed by atoms with Crippen LogP contribution in [0.3, 0.4) is 0 Å². The van der Waals surface area contributed by atoms with Crippen molar-refractivity contribution in [3.05, 3.63) is 36.4 Å². The summed E-state index contributed by atoms with van der Waals surface area (Å²) in [5, 5.41) is 14.8. The van der Waals surface area contributed by atoms with Crippen LogP contribution in [0.5, 0.6) is 0 Å². The van der Waals surface area contributed by atoms with Crippen LogP contribution in [0.1, 0.15) is 44.1 Å². The number of nitrogens with one attached hydrogen (secondary N) is 1. The van der Waals surface area contributed by atoms with E-state index in [1.54, 1.807) is 6.33 Å². The summed E-state index contributed by atoms with van der Waals surface area (Å²) >= 11 is 0. The van der Waals surface area contributed by atoms with Gasteiger partial charge in [-0.1, -0.05) is 12.1 Å². The predicted octanol–water partition coefficient (Wildman–Crippen LogP) is 1.63. The molecule has 1 aliphatic rings. The van der Waals surface area contributed by atoms with E-state index in [9.17, 15) is 4.79 Å². The third-order valence-electron chi connectivity index (χ3n) is 4.28. The van der Waals surface area contributed by atoms with Crippen molar-refractivity contribution in [1.82, 2.24) is 35.1 Å². The number of hydrogen-bond acceptors (Lipinski definition) is 5. The molecule has 4 rings (SSSR count). The lowest BCUT2D eigenvalue weighted by atomic mass is 10.2. The molecule has 1 saturated carbocycles. The molecule has 3 aromatic rings. The number of benzene rings is 1. The zero-order chi connectivity index (χ0) is 16.5. The Bertz CT molecular complexity index is 864. The number of amides is 1. The number of aromatic nitrogens is 6. The minimum atomic E-state index is -0.201. The standard InChI is InChI=1S/C16H19N7O/c1-11(16-19-20-21-23(16)12-6-7-12)18-15(24)8-9-22-10-17-13-4-2-3-5-14(13)22/h2-5,10-12H,6-9H2,1H3,(H,18,24). The molecule has 1 amide bonds. The van der Waals surface area contributed by atoms with Crippen LogP contribution < -0.4 is 5.32 Å². The molecule has 1 atom stereocenters. The average molecular weight is 325 g/mol. The van der Waals surface area contributed by atoms with Crippen molar-refractivity contribution in [1.29, 1.82) is 0 Å². The number of carbonyl (C=O) groups is 1. The first kappa shape index (κ1) is 14.8. The first-order valence-electron chi connectivity index (χ1n) is 8.19. The van der Waals surface area contributed by atoms with E-state index < -0.39 is 0 Å². The third-order valence-corrected chi connectivity index (χ3v) is 4.28. The highest BCUT2D eigenvalue weighted by atomic mass is 16.1. The highest BCUT2D eigenvalue weighted by molar-refractivity contribution is 5.77. The largest absolute Gasteiger partial charge is 0.346 e. The zero-order valence-electron chi connectivity index (χ0n) is 13.5. The first-order valence-corrected chi connectivity index (χ1v) is 8.19. The highest BCUT2D eigenvalue weighted by Gasteiger charge is 2.29. The lowest BCUT2D eigenvalue weighted by molar-refractivity contribution is -0.122. The number of rotatable bonds is 6. The summed E-state index contributed by atoms with van der Waals surface area (Å²) in [7, 11) is 0. The molecule has 1 N–H and O–H groups in total. The summed E-state index contributed by atoms with van der Waals surface area (Å²) in [6.07, 6.45) is 4.36. The molecule has 124 valence electrons. The summed E-state index contributed by atoms with van der Waals surface area (Å²) in [6, 6.07) is 8.09. The maximum absolute atomic E-state index is 12.3. The van der Waals surface area contributed by atoms with E-state index in [2.05, 4.69) is 25.8 Å². The van der Waals surface area contributed by atoms with Gasteiger partial charge in [-0.3, -0.25) is 4.79 Å². The molecule has 0 radical (unpaired) electrons. The second kappa shape index (κ2) is 6.03. The van der Waals surface area contributed by atoms with Crippen LogP contribution in [0.4, 0.5) is 0 Å². The lowest BCUT2D eigenvalue weighted by Gasteiger charge is -2.13. The van der Waals surface area contributed by atoms with E-state index in [4.69, 9.17) is 0 Å². The number of nitrogens with zero attached hydrogens (tertiary/aromatic N) is 6. The van der Waals surface area contributed by atoms with Gasteiger partial charge in [0.25, 0.3) is 0 Å². The van der Waals surface area contributed by atoms with Gasteiger partial charge in [0.05, 0.1) is 29.4 Å². The predicted molar refractivity (Wildman–Crippen MR) is 87.0 cm³/mol. The van der Waals surface area contributed by atoms with Gasteiger partial charge in [0.2, 0.25) is 5.91 Å². The number of hydrogen-bond donors (Lipinski definition) is 1. The van der Waals surface area contributed by atoms with Crippen LogP contribution in [0.25, 0.3) is 11.0 Å². The summed E-state index contributed by atoms with van der Waals surface area (Å²) in [4.78, 5) is 16.6. The number of tetrazole rings is 1. The summed E-state index contributed by atoms with van der Waals surface area (Å²) in [5.74, 6) is 0.699. The van der Waals surface area contributed by atoms with Crippen molar-refractivity contribution in [2.75, 3.05) is 0 Å². The van der Waals surface area contributed by atoms with Crippen molar-refractivity contribution in [3.8, 4) is 0 Å². The zero-order valence-corrected chi connectivity index (χ0v) is 13.5. The SMILES string of the molecule is CC(NC(=O)CCn1cnc2ccccc21)c1nnnn1C1CC1. The number of para-hydroxylation sites is 2. The number of fused-ring (bicyclic) bond motifs is 1. The molecule has 8 nitrogen and oxygen atoms in total. The van der Waals surface area contributed by atoms with E-state index in [-0.39, 0.29) is 11.9 Å².